The lowest BCUT2D eigenvalue weighted by Gasteiger charge is -2.22. The third kappa shape index (κ3) is 4.69. The van der Waals surface area contributed by atoms with Crippen LogP contribution < -0.4 is 10.6 Å². The number of hydrogen-bond acceptors (Lipinski definition) is 3. The maximum absolute atomic E-state index is 13.0. The molecule has 3 rings (SSSR count). The van der Waals surface area contributed by atoms with Crippen molar-refractivity contribution in [3.05, 3.63) is 47.0 Å². The van der Waals surface area contributed by atoms with Crippen molar-refractivity contribution in [2.24, 2.45) is 0 Å². The maximum atomic E-state index is 13.0. The Labute approximate surface area is 172 Å². The van der Waals surface area contributed by atoms with Gasteiger partial charge in [0.2, 0.25) is 5.91 Å². The van der Waals surface area contributed by atoms with Gasteiger partial charge in [-0.3, -0.25) is 14.5 Å². The van der Waals surface area contributed by atoms with E-state index in [4.69, 9.17) is 0 Å². The molecule has 156 valence electrons. The second kappa shape index (κ2) is 8.80. The number of allylic oxidation sites excluding steroid dienone is 1. The van der Waals surface area contributed by atoms with Crippen LogP contribution in [-0.2, 0) is 15.1 Å². The van der Waals surface area contributed by atoms with Gasteiger partial charge in [0.1, 0.15) is 12.1 Å². The Kier molecular flexibility index (Phi) is 6.40. The monoisotopic (exact) mass is 397 g/mol. The fraction of sp³-hybridized carbons (Fsp3) is 0.522. The predicted molar refractivity (Wildman–Crippen MR) is 112 cm³/mol. The number of urea groups is 1. The number of benzene rings is 1. The highest BCUT2D eigenvalue weighted by Gasteiger charge is 2.49. The lowest BCUT2D eigenvalue weighted by Crippen LogP contribution is -2.43. The number of carbonyl (C=O) groups excluding carboxylic acids is 3. The summed E-state index contributed by atoms with van der Waals surface area (Å²) in [7, 11) is 0. The molecule has 6 nitrogen and oxygen atoms in total. The van der Waals surface area contributed by atoms with Gasteiger partial charge in [0.15, 0.2) is 0 Å². The van der Waals surface area contributed by atoms with Crippen LogP contribution in [0.1, 0.15) is 69.9 Å². The molecule has 0 spiro atoms. The Morgan fingerprint density at radius 2 is 1.93 bits per heavy atom. The van der Waals surface area contributed by atoms with Crippen LogP contribution in [0.25, 0.3) is 0 Å². The molecule has 6 heteroatoms. The highest BCUT2D eigenvalue weighted by Crippen LogP contribution is 2.29. The molecular weight excluding hydrogens is 366 g/mol. The van der Waals surface area contributed by atoms with Crippen LogP contribution in [0.5, 0.6) is 0 Å². The van der Waals surface area contributed by atoms with Gasteiger partial charge >= 0.3 is 6.03 Å². The normalized spacial score (nSPS) is 21.9. The molecule has 4 amide bonds. The molecule has 0 unspecified atom stereocenters. The molecule has 29 heavy (non-hydrogen) atoms. The minimum atomic E-state index is -1.15. The molecule has 1 fully saturated rings. The van der Waals surface area contributed by atoms with Gasteiger partial charge in [-0.2, -0.15) is 0 Å². The number of amides is 4. The van der Waals surface area contributed by atoms with Crippen LogP contribution in [0.3, 0.4) is 0 Å². The number of rotatable bonds is 7. The highest BCUT2D eigenvalue weighted by molar-refractivity contribution is 6.09. The van der Waals surface area contributed by atoms with E-state index >= 15 is 0 Å². The molecule has 0 radical (unpaired) electrons. The standard InChI is InChI=1S/C23H31N3O3/c1-16(2)18-9-11-19(12-10-18)23(3)21(28)26(22(29)25-23)15-20(27)24-14-13-17-7-5-4-6-8-17/h7,9-12,16H,4-6,8,13-15H2,1-3H3,(H,24,27)(H,25,29)/t23-/m0/s1. The molecular formula is C23H31N3O3. The number of carbonyl (C=O) groups is 3. The summed E-state index contributed by atoms with van der Waals surface area (Å²) in [4.78, 5) is 38.7. The second-order valence-corrected chi connectivity index (χ2v) is 8.43. The van der Waals surface area contributed by atoms with E-state index in [-0.39, 0.29) is 12.5 Å². The van der Waals surface area contributed by atoms with Crippen molar-refractivity contribution in [1.29, 1.82) is 0 Å². The molecule has 1 aliphatic carbocycles. The largest absolute Gasteiger partial charge is 0.354 e. The molecule has 2 N–H and O–H groups in total. The summed E-state index contributed by atoms with van der Waals surface area (Å²) in [5.41, 5.74) is 2.11. The zero-order valence-electron chi connectivity index (χ0n) is 17.6. The first-order valence-electron chi connectivity index (χ1n) is 10.5. The van der Waals surface area contributed by atoms with E-state index in [9.17, 15) is 14.4 Å². The van der Waals surface area contributed by atoms with Crippen molar-refractivity contribution in [3.63, 3.8) is 0 Å². The smallest absolute Gasteiger partial charge is 0.325 e. The van der Waals surface area contributed by atoms with Crippen molar-refractivity contribution in [2.45, 2.75) is 64.3 Å². The van der Waals surface area contributed by atoms with Crippen LogP contribution in [0.15, 0.2) is 35.9 Å². The van der Waals surface area contributed by atoms with E-state index in [1.54, 1.807) is 6.92 Å². The van der Waals surface area contributed by atoms with Crippen molar-refractivity contribution in [1.82, 2.24) is 15.5 Å². The fourth-order valence-electron chi connectivity index (χ4n) is 3.93. The number of nitrogens with one attached hydrogen (secondary N) is 2. The Morgan fingerprint density at radius 1 is 1.21 bits per heavy atom. The van der Waals surface area contributed by atoms with E-state index in [2.05, 4.69) is 30.6 Å². The van der Waals surface area contributed by atoms with Gasteiger partial charge in [0.05, 0.1) is 0 Å². The average molecular weight is 398 g/mol. The number of hydrogen-bond donors (Lipinski definition) is 2. The summed E-state index contributed by atoms with van der Waals surface area (Å²) in [5.74, 6) is -0.329. The third-order valence-electron chi connectivity index (χ3n) is 5.88. The molecule has 0 aromatic heterocycles. The van der Waals surface area contributed by atoms with Gasteiger partial charge in [0.25, 0.3) is 5.91 Å². The lowest BCUT2D eigenvalue weighted by atomic mass is 9.90. The van der Waals surface area contributed by atoms with E-state index in [1.165, 1.54) is 24.0 Å². The zero-order valence-corrected chi connectivity index (χ0v) is 17.6. The first-order valence-corrected chi connectivity index (χ1v) is 10.5. The van der Waals surface area contributed by atoms with E-state index in [0.29, 0.717) is 18.0 Å². The van der Waals surface area contributed by atoms with Gasteiger partial charge in [-0.15, -0.1) is 0 Å². The van der Waals surface area contributed by atoms with Gasteiger partial charge in [0, 0.05) is 6.54 Å². The minimum Gasteiger partial charge on any atom is -0.354 e. The summed E-state index contributed by atoms with van der Waals surface area (Å²) in [6.07, 6.45) is 7.73. The quantitative estimate of drug-likeness (QED) is 0.545. The summed E-state index contributed by atoms with van der Waals surface area (Å²) in [6.45, 7) is 6.16. The van der Waals surface area contributed by atoms with Crippen LogP contribution in [-0.4, -0.2) is 35.8 Å². The van der Waals surface area contributed by atoms with Crippen molar-refractivity contribution >= 4 is 17.8 Å². The van der Waals surface area contributed by atoms with Crippen LogP contribution in [0.4, 0.5) is 4.79 Å². The minimum absolute atomic E-state index is 0.261. The number of imide groups is 1. The SMILES string of the molecule is CC(C)c1ccc([C@]2(C)NC(=O)N(CC(=O)NCCC3=CCCCC3)C2=O)cc1. The Bertz CT molecular complexity index is 813. The summed E-state index contributed by atoms with van der Waals surface area (Å²) in [6, 6.07) is 7.15. The predicted octanol–water partition coefficient (Wildman–Crippen LogP) is 3.58. The average Bonchev–Trinajstić information content (AvgIpc) is 2.93. The third-order valence-corrected chi connectivity index (χ3v) is 5.88. The summed E-state index contributed by atoms with van der Waals surface area (Å²) < 4.78 is 0. The Hall–Kier alpha value is -2.63. The fourth-order valence-corrected chi connectivity index (χ4v) is 3.93. The molecule has 1 heterocycles. The van der Waals surface area contributed by atoms with Gasteiger partial charge in [-0.25, -0.2) is 4.79 Å². The summed E-state index contributed by atoms with van der Waals surface area (Å²) >= 11 is 0. The highest BCUT2D eigenvalue weighted by atomic mass is 16.2. The van der Waals surface area contributed by atoms with Crippen molar-refractivity contribution in [2.75, 3.05) is 13.1 Å². The molecule has 1 aliphatic heterocycles. The molecule has 0 bridgehead atoms. The van der Waals surface area contributed by atoms with Crippen molar-refractivity contribution < 1.29 is 14.4 Å². The first kappa shape index (κ1) is 21.1. The molecule has 1 saturated heterocycles. The molecule has 2 aliphatic rings. The maximum Gasteiger partial charge on any atom is 0.325 e. The molecule has 1 aromatic rings. The van der Waals surface area contributed by atoms with E-state index < -0.39 is 17.5 Å². The molecule has 1 atom stereocenters. The molecule has 1 aromatic carbocycles. The second-order valence-electron chi connectivity index (χ2n) is 8.43. The van der Waals surface area contributed by atoms with Gasteiger partial charge in [-0.1, -0.05) is 49.8 Å². The van der Waals surface area contributed by atoms with Gasteiger partial charge in [-0.05, 0) is 56.1 Å². The Balaban J connectivity index is 1.59. The van der Waals surface area contributed by atoms with Gasteiger partial charge < -0.3 is 10.6 Å². The summed E-state index contributed by atoms with van der Waals surface area (Å²) in [5, 5.41) is 5.59. The van der Waals surface area contributed by atoms with E-state index in [0.717, 1.165) is 24.2 Å². The number of nitrogens with zero attached hydrogens (tertiary/aromatic N) is 1. The van der Waals surface area contributed by atoms with Crippen LogP contribution in [0, 0.1) is 0 Å². The van der Waals surface area contributed by atoms with Crippen LogP contribution >= 0.6 is 0 Å². The van der Waals surface area contributed by atoms with E-state index in [1.807, 2.05) is 24.3 Å². The molecule has 0 saturated carbocycles. The topological polar surface area (TPSA) is 78.5 Å². The Morgan fingerprint density at radius 3 is 2.55 bits per heavy atom. The van der Waals surface area contributed by atoms with Crippen LogP contribution in [0.2, 0.25) is 0 Å². The van der Waals surface area contributed by atoms with Crippen molar-refractivity contribution in [3.8, 4) is 0 Å². The zero-order chi connectivity index (χ0) is 21.0. The lowest BCUT2D eigenvalue weighted by molar-refractivity contribution is -0.134. The first-order chi connectivity index (χ1) is 13.8.